The normalized spacial score (nSPS) is 17.1. The highest BCUT2D eigenvalue weighted by molar-refractivity contribution is 9.10. The molecule has 5 nitrogen and oxygen atoms in total. The molecule has 1 aliphatic heterocycles. The highest BCUT2D eigenvalue weighted by atomic mass is 79.9. The van der Waals surface area contributed by atoms with Gasteiger partial charge in [-0.15, -0.1) is 11.3 Å². The summed E-state index contributed by atoms with van der Waals surface area (Å²) in [5.74, 6) is -0.218. The number of hydrogen-bond acceptors (Lipinski definition) is 4. The van der Waals surface area contributed by atoms with Crippen molar-refractivity contribution >= 4 is 44.2 Å². The number of likely N-dealkylation sites (tertiary alicyclic amines) is 1. The summed E-state index contributed by atoms with van der Waals surface area (Å²) in [6.45, 7) is 4.37. The molecule has 1 N–H and O–H groups in total. The van der Waals surface area contributed by atoms with E-state index >= 15 is 0 Å². The number of halogens is 1. The molecular formula is C18H20BrN3O2S. The van der Waals surface area contributed by atoms with Gasteiger partial charge in [-0.3, -0.25) is 9.59 Å². The topological polar surface area (TPSA) is 62.3 Å². The van der Waals surface area contributed by atoms with E-state index in [2.05, 4.69) is 26.2 Å². The van der Waals surface area contributed by atoms with Crippen LogP contribution in [0.1, 0.15) is 26.7 Å². The third-order valence-electron chi connectivity index (χ3n) is 4.19. The molecule has 1 atom stereocenters. The van der Waals surface area contributed by atoms with E-state index in [0.717, 1.165) is 22.2 Å². The number of hydrogen-bond donors (Lipinski definition) is 1. The zero-order valence-corrected chi connectivity index (χ0v) is 16.6. The van der Waals surface area contributed by atoms with E-state index in [1.54, 1.807) is 4.90 Å². The first-order valence-corrected chi connectivity index (χ1v) is 9.96. The summed E-state index contributed by atoms with van der Waals surface area (Å²) in [4.78, 5) is 31.1. The zero-order valence-electron chi connectivity index (χ0n) is 14.2. The smallest absolute Gasteiger partial charge is 0.248 e. The summed E-state index contributed by atoms with van der Waals surface area (Å²) in [7, 11) is 0. The third kappa shape index (κ3) is 4.10. The van der Waals surface area contributed by atoms with E-state index in [0.29, 0.717) is 18.1 Å². The van der Waals surface area contributed by atoms with Crippen molar-refractivity contribution in [1.29, 1.82) is 0 Å². The van der Waals surface area contributed by atoms with Gasteiger partial charge in [0.1, 0.15) is 6.04 Å². The SMILES string of the molecule is CC(C)C(=O)N1CCCC1C(=O)Nc1nc(-c2cccc(Br)c2)cs1. The Balaban J connectivity index is 1.70. The Morgan fingerprint density at radius 1 is 1.40 bits per heavy atom. The quantitative estimate of drug-likeness (QED) is 0.805. The number of nitrogens with zero attached hydrogens (tertiary/aromatic N) is 2. The summed E-state index contributed by atoms with van der Waals surface area (Å²) in [5, 5.41) is 5.35. The van der Waals surface area contributed by atoms with Gasteiger partial charge in [-0.2, -0.15) is 0 Å². The van der Waals surface area contributed by atoms with Crippen LogP contribution in [0, 0.1) is 5.92 Å². The van der Waals surface area contributed by atoms with Crippen molar-refractivity contribution in [2.24, 2.45) is 5.92 Å². The second kappa shape index (κ2) is 7.66. The lowest BCUT2D eigenvalue weighted by Crippen LogP contribution is -2.44. The van der Waals surface area contributed by atoms with Crippen LogP contribution in [0.2, 0.25) is 0 Å². The van der Waals surface area contributed by atoms with Crippen molar-refractivity contribution in [2.45, 2.75) is 32.7 Å². The second-order valence-corrected chi connectivity index (χ2v) is 8.16. The number of carbonyl (C=O) groups excluding carboxylic acids is 2. The minimum Gasteiger partial charge on any atom is -0.330 e. The summed E-state index contributed by atoms with van der Waals surface area (Å²) < 4.78 is 0.984. The fourth-order valence-electron chi connectivity index (χ4n) is 2.93. The summed E-state index contributed by atoms with van der Waals surface area (Å²) in [6.07, 6.45) is 1.56. The van der Waals surface area contributed by atoms with Gasteiger partial charge in [0, 0.05) is 27.9 Å². The average molecular weight is 422 g/mol. The lowest BCUT2D eigenvalue weighted by atomic mass is 10.1. The first-order valence-electron chi connectivity index (χ1n) is 8.28. The molecule has 2 amide bonds. The number of rotatable bonds is 4. The van der Waals surface area contributed by atoms with Gasteiger partial charge in [-0.25, -0.2) is 4.98 Å². The third-order valence-corrected chi connectivity index (χ3v) is 5.44. The van der Waals surface area contributed by atoms with Crippen molar-refractivity contribution in [2.75, 3.05) is 11.9 Å². The van der Waals surface area contributed by atoms with Crippen LogP contribution < -0.4 is 5.32 Å². The summed E-state index contributed by atoms with van der Waals surface area (Å²) in [5.41, 5.74) is 1.81. The van der Waals surface area contributed by atoms with Crippen LogP contribution in [0.4, 0.5) is 5.13 Å². The molecule has 2 aromatic rings. The van der Waals surface area contributed by atoms with Gasteiger partial charge in [0.15, 0.2) is 5.13 Å². The molecule has 2 heterocycles. The Morgan fingerprint density at radius 2 is 2.20 bits per heavy atom. The molecule has 0 radical (unpaired) electrons. The number of nitrogens with one attached hydrogen (secondary N) is 1. The van der Waals surface area contributed by atoms with Gasteiger partial charge in [0.05, 0.1) is 5.69 Å². The molecule has 1 aliphatic rings. The summed E-state index contributed by atoms with van der Waals surface area (Å²) >= 11 is 4.84. The lowest BCUT2D eigenvalue weighted by Gasteiger charge is -2.25. The predicted octanol–water partition coefficient (Wildman–Crippen LogP) is 4.16. The zero-order chi connectivity index (χ0) is 18.0. The van der Waals surface area contributed by atoms with E-state index in [1.807, 2.05) is 43.5 Å². The molecule has 1 saturated heterocycles. The van der Waals surface area contributed by atoms with Crippen LogP contribution in [0.3, 0.4) is 0 Å². The molecule has 0 spiro atoms. The number of aromatic nitrogens is 1. The van der Waals surface area contributed by atoms with E-state index < -0.39 is 6.04 Å². The van der Waals surface area contributed by atoms with Crippen molar-refractivity contribution in [3.05, 3.63) is 34.1 Å². The monoisotopic (exact) mass is 421 g/mol. The minimum atomic E-state index is -0.395. The number of thiazole rings is 1. The van der Waals surface area contributed by atoms with Crippen LogP contribution >= 0.6 is 27.3 Å². The molecule has 0 saturated carbocycles. The molecule has 0 aliphatic carbocycles. The molecular weight excluding hydrogens is 402 g/mol. The fourth-order valence-corrected chi connectivity index (χ4v) is 4.06. The Labute approximate surface area is 159 Å². The van der Waals surface area contributed by atoms with Crippen LogP contribution in [0.5, 0.6) is 0 Å². The first kappa shape index (κ1) is 18.1. The van der Waals surface area contributed by atoms with Crippen molar-refractivity contribution in [3.63, 3.8) is 0 Å². The number of anilines is 1. The van der Waals surface area contributed by atoms with E-state index in [1.165, 1.54) is 11.3 Å². The average Bonchev–Trinajstić information content (AvgIpc) is 3.23. The maximum Gasteiger partial charge on any atom is 0.248 e. The van der Waals surface area contributed by atoms with Crippen molar-refractivity contribution in [1.82, 2.24) is 9.88 Å². The molecule has 0 bridgehead atoms. The number of amides is 2. The maximum atomic E-state index is 12.6. The highest BCUT2D eigenvalue weighted by Gasteiger charge is 2.35. The molecule has 1 fully saturated rings. The second-order valence-electron chi connectivity index (χ2n) is 6.38. The molecule has 1 unspecified atom stereocenters. The number of carbonyl (C=O) groups is 2. The van der Waals surface area contributed by atoms with Crippen molar-refractivity contribution < 1.29 is 9.59 Å². The molecule has 132 valence electrons. The van der Waals surface area contributed by atoms with Crippen LogP contribution in [-0.4, -0.2) is 34.3 Å². The van der Waals surface area contributed by atoms with Gasteiger partial charge in [-0.1, -0.05) is 41.9 Å². The van der Waals surface area contributed by atoms with Gasteiger partial charge in [0.2, 0.25) is 11.8 Å². The van der Waals surface area contributed by atoms with Crippen LogP contribution in [0.25, 0.3) is 11.3 Å². The molecule has 3 rings (SSSR count). The highest BCUT2D eigenvalue weighted by Crippen LogP contribution is 2.28. The summed E-state index contributed by atoms with van der Waals surface area (Å²) in [6, 6.07) is 7.48. The van der Waals surface area contributed by atoms with E-state index in [4.69, 9.17) is 0 Å². The predicted molar refractivity (Wildman–Crippen MR) is 103 cm³/mol. The molecule has 25 heavy (non-hydrogen) atoms. The van der Waals surface area contributed by atoms with E-state index in [9.17, 15) is 9.59 Å². The number of benzene rings is 1. The Morgan fingerprint density at radius 3 is 2.92 bits per heavy atom. The molecule has 1 aromatic heterocycles. The van der Waals surface area contributed by atoms with Crippen LogP contribution in [-0.2, 0) is 9.59 Å². The Bertz CT molecular complexity index is 790. The lowest BCUT2D eigenvalue weighted by molar-refractivity contribution is -0.139. The van der Waals surface area contributed by atoms with Crippen LogP contribution in [0.15, 0.2) is 34.1 Å². The van der Waals surface area contributed by atoms with Gasteiger partial charge >= 0.3 is 0 Å². The standard InChI is InChI=1S/C18H20BrN3O2S/c1-11(2)17(24)22-8-4-7-15(22)16(23)21-18-20-14(10-25-18)12-5-3-6-13(19)9-12/h3,5-6,9-11,15H,4,7-8H2,1-2H3,(H,20,21,23). The van der Waals surface area contributed by atoms with Gasteiger partial charge < -0.3 is 10.2 Å². The van der Waals surface area contributed by atoms with E-state index in [-0.39, 0.29) is 17.7 Å². The van der Waals surface area contributed by atoms with Gasteiger partial charge in [0.25, 0.3) is 0 Å². The maximum absolute atomic E-state index is 12.6. The molecule has 1 aromatic carbocycles. The Hall–Kier alpha value is -1.73. The van der Waals surface area contributed by atoms with Crippen molar-refractivity contribution in [3.8, 4) is 11.3 Å². The minimum absolute atomic E-state index is 0.0339. The largest absolute Gasteiger partial charge is 0.330 e. The molecule has 7 heteroatoms. The Kier molecular flexibility index (Phi) is 5.54. The van der Waals surface area contributed by atoms with Gasteiger partial charge in [-0.05, 0) is 25.0 Å². The fraction of sp³-hybridized carbons (Fsp3) is 0.389. The first-order chi connectivity index (χ1) is 12.0.